The lowest BCUT2D eigenvalue weighted by molar-refractivity contribution is 0.0879. The van der Waals surface area contributed by atoms with E-state index in [0.717, 1.165) is 0 Å². The van der Waals surface area contributed by atoms with Crippen LogP contribution in [0.5, 0.6) is 0 Å². The molecule has 0 aliphatic carbocycles. The summed E-state index contributed by atoms with van der Waals surface area (Å²) in [6.45, 7) is 3.56. The summed E-state index contributed by atoms with van der Waals surface area (Å²) < 4.78 is 0. The van der Waals surface area contributed by atoms with E-state index < -0.39 is 6.04 Å². The molecule has 1 aromatic carbocycles. The first kappa shape index (κ1) is 9.61. The summed E-state index contributed by atoms with van der Waals surface area (Å²) in [6.07, 6.45) is 1.53. The minimum absolute atomic E-state index is 0.367. The standard InChI is InChI=1S/C11H10N2O2/c1-2-8(12)6-4-3-5-7-9(6)11(15)13-10(7)14/h2-5,8H,1,12H2,(H,13,14,15). The Labute approximate surface area is 86.8 Å². The first-order valence-corrected chi connectivity index (χ1v) is 4.52. The quantitative estimate of drug-likeness (QED) is 0.549. The molecular weight excluding hydrogens is 192 g/mol. The third-order valence-corrected chi connectivity index (χ3v) is 2.41. The van der Waals surface area contributed by atoms with Gasteiger partial charge in [0.15, 0.2) is 0 Å². The maximum atomic E-state index is 11.5. The van der Waals surface area contributed by atoms with Gasteiger partial charge in [-0.05, 0) is 11.6 Å². The number of benzene rings is 1. The molecule has 76 valence electrons. The van der Waals surface area contributed by atoms with Crippen LogP contribution in [-0.4, -0.2) is 11.8 Å². The zero-order chi connectivity index (χ0) is 11.0. The van der Waals surface area contributed by atoms with Crippen molar-refractivity contribution in [2.45, 2.75) is 6.04 Å². The lowest BCUT2D eigenvalue weighted by atomic mass is 9.97. The molecule has 3 N–H and O–H groups in total. The van der Waals surface area contributed by atoms with Gasteiger partial charge >= 0.3 is 0 Å². The van der Waals surface area contributed by atoms with Crippen molar-refractivity contribution in [1.29, 1.82) is 0 Å². The van der Waals surface area contributed by atoms with Crippen molar-refractivity contribution >= 4 is 11.8 Å². The van der Waals surface area contributed by atoms with Crippen molar-refractivity contribution in [3.63, 3.8) is 0 Å². The number of nitrogens with one attached hydrogen (secondary N) is 1. The van der Waals surface area contributed by atoms with Crippen LogP contribution in [0, 0.1) is 0 Å². The van der Waals surface area contributed by atoms with Crippen LogP contribution in [-0.2, 0) is 0 Å². The fourth-order valence-corrected chi connectivity index (χ4v) is 1.65. The molecule has 4 nitrogen and oxygen atoms in total. The average molecular weight is 202 g/mol. The maximum Gasteiger partial charge on any atom is 0.259 e. The van der Waals surface area contributed by atoms with E-state index in [4.69, 9.17) is 5.73 Å². The zero-order valence-corrected chi connectivity index (χ0v) is 7.99. The molecule has 1 unspecified atom stereocenters. The SMILES string of the molecule is C=CC(N)c1cccc2c1C(=O)NC2=O. The van der Waals surface area contributed by atoms with E-state index in [1.165, 1.54) is 6.08 Å². The lowest BCUT2D eigenvalue weighted by Crippen LogP contribution is -2.21. The average Bonchev–Trinajstić information content (AvgIpc) is 2.54. The molecule has 2 rings (SSSR count). The minimum Gasteiger partial charge on any atom is -0.321 e. The predicted molar refractivity (Wildman–Crippen MR) is 55.4 cm³/mol. The Bertz CT molecular complexity index is 466. The Hall–Kier alpha value is -1.94. The number of hydrogen-bond acceptors (Lipinski definition) is 3. The fourth-order valence-electron chi connectivity index (χ4n) is 1.65. The number of imide groups is 1. The van der Waals surface area contributed by atoms with Crippen molar-refractivity contribution in [3.8, 4) is 0 Å². The zero-order valence-electron chi connectivity index (χ0n) is 7.99. The van der Waals surface area contributed by atoms with E-state index in [1.54, 1.807) is 18.2 Å². The third kappa shape index (κ3) is 1.35. The normalized spacial score (nSPS) is 15.8. The number of rotatable bonds is 2. The van der Waals surface area contributed by atoms with Crippen molar-refractivity contribution in [2.24, 2.45) is 5.73 Å². The first-order valence-electron chi connectivity index (χ1n) is 4.52. The summed E-state index contributed by atoms with van der Waals surface area (Å²) in [4.78, 5) is 22.8. The number of carbonyl (C=O) groups is 2. The molecule has 1 aliphatic heterocycles. The third-order valence-electron chi connectivity index (χ3n) is 2.41. The Balaban J connectivity index is 2.65. The molecule has 2 amide bonds. The molecule has 0 fully saturated rings. The van der Waals surface area contributed by atoms with E-state index >= 15 is 0 Å². The summed E-state index contributed by atoms with van der Waals surface area (Å²) in [5, 5.41) is 2.23. The molecular formula is C11H10N2O2. The highest BCUT2D eigenvalue weighted by Crippen LogP contribution is 2.24. The predicted octanol–water partition coefficient (Wildman–Crippen LogP) is 0.756. The van der Waals surface area contributed by atoms with Gasteiger partial charge in [-0.25, -0.2) is 0 Å². The number of carbonyl (C=O) groups excluding carboxylic acids is 2. The minimum atomic E-state index is -0.434. The monoisotopic (exact) mass is 202 g/mol. The van der Waals surface area contributed by atoms with Gasteiger partial charge in [0.1, 0.15) is 0 Å². The van der Waals surface area contributed by atoms with E-state index in [1.807, 2.05) is 0 Å². The molecule has 1 aliphatic rings. The Kier molecular flexibility index (Phi) is 2.13. The lowest BCUT2D eigenvalue weighted by Gasteiger charge is -2.09. The molecule has 4 heteroatoms. The van der Waals surface area contributed by atoms with E-state index in [-0.39, 0.29) is 11.8 Å². The number of fused-ring (bicyclic) bond motifs is 1. The summed E-state index contributed by atoms with van der Waals surface area (Å²) in [6, 6.07) is 4.60. The molecule has 1 heterocycles. The number of nitrogens with two attached hydrogens (primary N) is 1. The van der Waals surface area contributed by atoms with Crippen LogP contribution >= 0.6 is 0 Å². The van der Waals surface area contributed by atoms with Gasteiger partial charge in [-0.1, -0.05) is 18.2 Å². The largest absolute Gasteiger partial charge is 0.321 e. The molecule has 0 aromatic heterocycles. The molecule has 0 saturated heterocycles. The van der Waals surface area contributed by atoms with Crippen LogP contribution in [0.2, 0.25) is 0 Å². The Morgan fingerprint density at radius 2 is 2.07 bits per heavy atom. The second-order valence-electron chi connectivity index (χ2n) is 3.31. The van der Waals surface area contributed by atoms with Crippen LogP contribution < -0.4 is 11.1 Å². The van der Waals surface area contributed by atoms with Crippen molar-refractivity contribution < 1.29 is 9.59 Å². The van der Waals surface area contributed by atoms with E-state index in [0.29, 0.717) is 16.7 Å². The van der Waals surface area contributed by atoms with Crippen LogP contribution in [0.4, 0.5) is 0 Å². The molecule has 0 bridgehead atoms. The van der Waals surface area contributed by atoms with E-state index in [2.05, 4.69) is 11.9 Å². The topological polar surface area (TPSA) is 72.2 Å². The van der Waals surface area contributed by atoms with Crippen LogP contribution in [0.3, 0.4) is 0 Å². The highest BCUT2D eigenvalue weighted by molar-refractivity contribution is 6.22. The van der Waals surface area contributed by atoms with Gasteiger partial charge in [-0.3, -0.25) is 14.9 Å². The second kappa shape index (κ2) is 3.33. The molecule has 1 aromatic rings. The van der Waals surface area contributed by atoms with Gasteiger partial charge in [-0.15, -0.1) is 6.58 Å². The summed E-state index contributed by atoms with van der Waals surface area (Å²) >= 11 is 0. The molecule has 1 atom stereocenters. The van der Waals surface area contributed by atoms with Gasteiger partial charge in [0, 0.05) is 6.04 Å². The highest BCUT2D eigenvalue weighted by atomic mass is 16.2. The van der Waals surface area contributed by atoms with Crippen LogP contribution in [0.25, 0.3) is 0 Å². The van der Waals surface area contributed by atoms with Gasteiger partial charge in [0.05, 0.1) is 11.1 Å². The Morgan fingerprint density at radius 3 is 2.73 bits per heavy atom. The van der Waals surface area contributed by atoms with Crippen molar-refractivity contribution in [1.82, 2.24) is 5.32 Å². The summed E-state index contributed by atoms with van der Waals surface area (Å²) in [7, 11) is 0. The van der Waals surface area contributed by atoms with Gasteiger partial charge in [-0.2, -0.15) is 0 Å². The molecule has 0 radical (unpaired) electrons. The summed E-state index contributed by atoms with van der Waals surface area (Å²) in [5.74, 6) is -0.754. The first-order chi connectivity index (χ1) is 7.15. The highest BCUT2D eigenvalue weighted by Gasteiger charge is 2.29. The molecule has 0 spiro atoms. The second-order valence-corrected chi connectivity index (χ2v) is 3.31. The van der Waals surface area contributed by atoms with Gasteiger partial charge < -0.3 is 5.73 Å². The van der Waals surface area contributed by atoms with E-state index in [9.17, 15) is 9.59 Å². The molecule has 0 saturated carbocycles. The summed E-state index contributed by atoms with van der Waals surface area (Å²) in [5.41, 5.74) is 7.15. The van der Waals surface area contributed by atoms with Gasteiger partial charge in [0.25, 0.3) is 11.8 Å². The number of hydrogen-bond donors (Lipinski definition) is 2. The Morgan fingerprint density at radius 1 is 1.33 bits per heavy atom. The van der Waals surface area contributed by atoms with Crippen LogP contribution in [0.1, 0.15) is 32.3 Å². The number of amides is 2. The van der Waals surface area contributed by atoms with Crippen LogP contribution in [0.15, 0.2) is 30.9 Å². The smallest absolute Gasteiger partial charge is 0.259 e. The van der Waals surface area contributed by atoms with Crippen molar-refractivity contribution in [3.05, 3.63) is 47.5 Å². The molecule has 15 heavy (non-hydrogen) atoms. The fraction of sp³-hybridized carbons (Fsp3) is 0.0909. The maximum absolute atomic E-state index is 11.5. The van der Waals surface area contributed by atoms with Crippen molar-refractivity contribution in [2.75, 3.05) is 0 Å². The van der Waals surface area contributed by atoms with Gasteiger partial charge in [0.2, 0.25) is 0 Å².